The number of aryl methyl sites for hydroxylation is 1. The standard InChI is InChI=1S/C14H20N2S/c1-3-15-8-10-16(11-9-15)14(17)13-7-5-4-6-12(13)2/h4-7H,3,8-11H2,1-2H3. The summed E-state index contributed by atoms with van der Waals surface area (Å²) >= 11 is 5.61. The zero-order valence-electron chi connectivity index (χ0n) is 10.6. The van der Waals surface area contributed by atoms with E-state index in [4.69, 9.17) is 12.2 Å². The highest BCUT2D eigenvalue weighted by Crippen LogP contribution is 2.13. The van der Waals surface area contributed by atoms with Crippen molar-refractivity contribution in [3.63, 3.8) is 0 Å². The molecule has 1 aromatic rings. The molecule has 2 rings (SSSR count). The van der Waals surface area contributed by atoms with E-state index in [1.54, 1.807) is 0 Å². The van der Waals surface area contributed by atoms with Crippen molar-refractivity contribution in [1.82, 2.24) is 9.80 Å². The lowest BCUT2D eigenvalue weighted by Gasteiger charge is -2.36. The van der Waals surface area contributed by atoms with E-state index in [0.29, 0.717) is 0 Å². The van der Waals surface area contributed by atoms with Gasteiger partial charge in [-0.05, 0) is 19.0 Å². The van der Waals surface area contributed by atoms with Crippen LogP contribution in [0.15, 0.2) is 24.3 Å². The molecular weight excluding hydrogens is 228 g/mol. The van der Waals surface area contributed by atoms with Crippen molar-refractivity contribution in [3.05, 3.63) is 35.4 Å². The van der Waals surface area contributed by atoms with Crippen LogP contribution in [-0.2, 0) is 0 Å². The molecule has 92 valence electrons. The molecule has 0 amide bonds. The molecular formula is C14H20N2S. The molecule has 2 nitrogen and oxygen atoms in total. The maximum atomic E-state index is 5.61. The molecule has 0 unspecified atom stereocenters. The molecule has 0 spiro atoms. The zero-order valence-corrected chi connectivity index (χ0v) is 11.5. The average molecular weight is 248 g/mol. The fourth-order valence-corrected chi connectivity index (χ4v) is 2.66. The summed E-state index contributed by atoms with van der Waals surface area (Å²) in [4.78, 5) is 5.82. The first kappa shape index (κ1) is 12.5. The summed E-state index contributed by atoms with van der Waals surface area (Å²) in [5.41, 5.74) is 2.49. The van der Waals surface area contributed by atoms with Gasteiger partial charge in [-0.25, -0.2) is 0 Å². The average Bonchev–Trinajstić information content (AvgIpc) is 2.39. The van der Waals surface area contributed by atoms with Gasteiger partial charge in [0.25, 0.3) is 0 Å². The van der Waals surface area contributed by atoms with Crippen LogP contribution in [0.25, 0.3) is 0 Å². The summed E-state index contributed by atoms with van der Waals surface area (Å²) in [6, 6.07) is 8.39. The van der Waals surface area contributed by atoms with Crippen molar-refractivity contribution in [2.45, 2.75) is 13.8 Å². The number of hydrogen-bond acceptors (Lipinski definition) is 2. The predicted octanol–water partition coefficient (Wildman–Crippen LogP) is 2.31. The third-order valence-electron chi connectivity index (χ3n) is 3.48. The van der Waals surface area contributed by atoms with Gasteiger partial charge in [-0.15, -0.1) is 0 Å². The third kappa shape index (κ3) is 2.85. The number of benzene rings is 1. The van der Waals surface area contributed by atoms with Crippen LogP contribution in [0, 0.1) is 6.92 Å². The lowest BCUT2D eigenvalue weighted by Crippen LogP contribution is -2.48. The molecule has 0 saturated carbocycles. The lowest BCUT2D eigenvalue weighted by molar-refractivity contribution is 0.192. The fourth-order valence-electron chi connectivity index (χ4n) is 2.25. The molecule has 0 radical (unpaired) electrons. The van der Waals surface area contributed by atoms with Gasteiger partial charge in [-0.1, -0.05) is 43.4 Å². The molecule has 0 atom stereocenters. The minimum absolute atomic E-state index is 1.01. The first-order valence-corrected chi connectivity index (χ1v) is 6.70. The van der Waals surface area contributed by atoms with E-state index in [9.17, 15) is 0 Å². The van der Waals surface area contributed by atoms with Gasteiger partial charge in [0.05, 0.1) is 0 Å². The Labute approximate surface area is 109 Å². The Morgan fingerprint density at radius 1 is 1.18 bits per heavy atom. The summed E-state index contributed by atoms with van der Waals surface area (Å²) in [5.74, 6) is 0. The highest BCUT2D eigenvalue weighted by molar-refractivity contribution is 7.80. The number of hydrogen-bond donors (Lipinski definition) is 0. The van der Waals surface area contributed by atoms with Crippen LogP contribution in [0.2, 0.25) is 0 Å². The third-order valence-corrected chi connectivity index (χ3v) is 3.96. The van der Waals surface area contributed by atoms with E-state index in [2.05, 4.69) is 47.9 Å². The van der Waals surface area contributed by atoms with E-state index in [1.807, 2.05) is 0 Å². The molecule has 0 aliphatic carbocycles. The number of thiocarbonyl (C=S) groups is 1. The van der Waals surface area contributed by atoms with Gasteiger partial charge in [0.2, 0.25) is 0 Å². The second-order valence-electron chi connectivity index (χ2n) is 4.54. The lowest BCUT2D eigenvalue weighted by atomic mass is 10.1. The molecule has 1 fully saturated rings. The Kier molecular flexibility index (Phi) is 4.13. The Morgan fingerprint density at radius 2 is 1.82 bits per heavy atom. The summed E-state index contributed by atoms with van der Waals surface area (Å²) in [6.45, 7) is 9.86. The minimum atomic E-state index is 1.01. The Morgan fingerprint density at radius 3 is 2.41 bits per heavy atom. The highest BCUT2D eigenvalue weighted by Gasteiger charge is 2.19. The molecule has 0 aromatic heterocycles. The van der Waals surface area contributed by atoms with Gasteiger partial charge in [0, 0.05) is 31.7 Å². The van der Waals surface area contributed by atoms with Crippen LogP contribution in [0.1, 0.15) is 18.1 Å². The largest absolute Gasteiger partial charge is 0.360 e. The molecule has 1 aliphatic heterocycles. The molecule has 1 aliphatic rings. The molecule has 3 heteroatoms. The minimum Gasteiger partial charge on any atom is -0.360 e. The maximum absolute atomic E-state index is 5.61. The smallest absolute Gasteiger partial charge is 0.109 e. The van der Waals surface area contributed by atoms with E-state index in [0.717, 1.165) is 37.7 Å². The SMILES string of the molecule is CCN1CCN(C(=S)c2ccccc2C)CC1. The van der Waals surface area contributed by atoms with E-state index in [-0.39, 0.29) is 0 Å². The Hall–Kier alpha value is -0.930. The van der Waals surface area contributed by atoms with Crippen molar-refractivity contribution in [2.75, 3.05) is 32.7 Å². The quantitative estimate of drug-likeness (QED) is 0.742. The van der Waals surface area contributed by atoms with Crippen molar-refractivity contribution < 1.29 is 0 Å². The number of piperazine rings is 1. The van der Waals surface area contributed by atoms with Gasteiger partial charge in [0.1, 0.15) is 4.99 Å². The van der Waals surface area contributed by atoms with Crippen LogP contribution in [0.3, 0.4) is 0 Å². The van der Waals surface area contributed by atoms with Gasteiger partial charge >= 0.3 is 0 Å². The molecule has 1 saturated heterocycles. The first-order chi connectivity index (χ1) is 8.22. The predicted molar refractivity (Wildman–Crippen MR) is 76.6 cm³/mol. The van der Waals surface area contributed by atoms with Gasteiger partial charge in [0.15, 0.2) is 0 Å². The van der Waals surface area contributed by atoms with Gasteiger partial charge in [-0.3, -0.25) is 0 Å². The van der Waals surface area contributed by atoms with Crippen LogP contribution in [-0.4, -0.2) is 47.5 Å². The maximum Gasteiger partial charge on any atom is 0.109 e. The van der Waals surface area contributed by atoms with Gasteiger partial charge < -0.3 is 9.80 Å². The van der Waals surface area contributed by atoms with Crippen LogP contribution >= 0.6 is 12.2 Å². The second kappa shape index (κ2) is 5.61. The van der Waals surface area contributed by atoms with E-state index >= 15 is 0 Å². The molecule has 0 N–H and O–H groups in total. The topological polar surface area (TPSA) is 6.48 Å². The number of nitrogens with zero attached hydrogens (tertiary/aromatic N) is 2. The monoisotopic (exact) mass is 248 g/mol. The van der Waals surface area contributed by atoms with Crippen LogP contribution < -0.4 is 0 Å². The molecule has 1 aromatic carbocycles. The van der Waals surface area contributed by atoms with E-state index in [1.165, 1.54) is 11.1 Å². The number of rotatable bonds is 2. The summed E-state index contributed by atoms with van der Waals surface area (Å²) in [7, 11) is 0. The van der Waals surface area contributed by atoms with Crippen molar-refractivity contribution in [2.24, 2.45) is 0 Å². The Bertz CT molecular complexity index is 395. The van der Waals surface area contributed by atoms with Gasteiger partial charge in [-0.2, -0.15) is 0 Å². The summed E-state index contributed by atoms with van der Waals surface area (Å²) in [6.07, 6.45) is 0. The Balaban J connectivity index is 2.04. The normalized spacial score (nSPS) is 17.2. The number of likely N-dealkylation sites (N-methyl/N-ethyl adjacent to an activating group) is 1. The van der Waals surface area contributed by atoms with Crippen molar-refractivity contribution in [1.29, 1.82) is 0 Å². The summed E-state index contributed by atoms with van der Waals surface area (Å²) in [5, 5.41) is 0. The second-order valence-corrected chi connectivity index (χ2v) is 4.93. The fraction of sp³-hybridized carbons (Fsp3) is 0.500. The highest BCUT2D eigenvalue weighted by atomic mass is 32.1. The molecule has 0 bridgehead atoms. The summed E-state index contributed by atoms with van der Waals surface area (Å²) < 4.78 is 0. The first-order valence-electron chi connectivity index (χ1n) is 6.29. The van der Waals surface area contributed by atoms with E-state index < -0.39 is 0 Å². The van der Waals surface area contributed by atoms with Crippen molar-refractivity contribution in [3.8, 4) is 0 Å². The van der Waals surface area contributed by atoms with Crippen LogP contribution in [0.4, 0.5) is 0 Å². The molecule has 17 heavy (non-hydrogen) atoms. The van der Waals surface area contributed by atoms with Crippen LogP contribution in [0.5, 0.6) is 0 Å². The molecule has 1 heterocycles. The van der Waals surface area contributed by atoms with Crippen molar-refractivity contribution >= 4 is 17.2 Å². The zero-order chi connectivity index (χ0) is 12.3.